The molecule has 0 atom stereocenters. The van der Waals surface area contributed by atoms with E-state index >= 15 is 0 Å². The first-order valence-corrected chi connectivity index (χ1v) is 7.27. The highest BCUT2D eigenvalue weighted by molar-refractivity contribution is 6.28. The van der Waals surface area contributed by atoms with Crippen molar-refractivity contribution in [1.29, 1.82) is 0 Å². The Morgan fingerprint density at radius 3 is 2.35 bits per heavy atom. The molecule has 106 valence electrons. The second-order valence-corrected chi connectivity index (χ2v) is 3.77. The maximum atomic E-state index is 5.78. The van der Waals surface area contributed by atoms with Crippen LogP contribution in [0.3, 0.4) is 0 Å². The molecular weight excluding hydrogens is 270 g/mol. The van der Waals surface area contributed by atoms with Crippen molar-refractivity contribution < 1.29 is 0 Å². The van der Waals surface area contributed by atoms with E-state index in [4.69, 9.17) is 11.6 Å². The van der Waals surface area contributed by atoms with Crippen molar-refractivity contribution >= 4 is 22.5 Å². The molecule has 4 heteroatoms. The average Bonchev–Trinajstić information content (AvgIpc) is 2.95. The van der Waals surface area contributed by atoms with Crippen molar-refractivity contribution in [3.8, 4) is 5.82 Å². The number of halogens is 1. The first kappa shape index (κ1) is 16.2. The Hall–Kier alpha value is -1.87. The van der Waals surface area contributed by atoms with E-state index in [-0.39, 0.29) is 5.28 Å². The molecule has 1 aromatic carbocycles. The highest BCUT2D eigenvalue weighted by atomic mass is 35.5. The Labute approximate surface area is 125 Å². The summed E-state index contributed by atoms with van der Waals surface area (Å²) in [5.41, 5.74) is 1.11. The van der Waals surface area contributed by atoms with E-state index in [1.165, 1.54) is 5.39 Å². The van der Waals surface area contributed by atoms with Crippen molar-refractivity contribution in [2.45, 2.75) is 27.7 Å². The molecule has 0 aliphatic carbocycles. The van der Waals surface area contributed by atoms with Gasteiger partial charge in [-0.2, -0.15) is 4.98 Å². The normalized spacial score (nSPS) is 9.25. The lowest BCUT2D eigenvalue weighted by molar-refractivity contribution is 1.01. The number of para-hydroxylation sites is 1. The number of hydrogen-bond acceptors (Lipinski definition) is 2. The van der Waals surface area contributed by atoms with Crippen LogP contribution in [0.1, 0.15) is 27.7 Å². The molecule has 0 saturated carbocycles. The third-order valence-corrected chi connectivity index (χ3v) is 2.64. The van der Waals surface area contributed by atoms with Crippen molar-refractivity contribution in [1.82, 2.24) is 14.5 Å². The summed E-state index contributed by atoms with van der Waals surface area (Å²) < 4.78 is 1.99. The maximum absolute atomic E-state index is 5.78. The number of fused-ring (bicyclic) bond motifs is 1. The SMILES string of the molecule is CC.CC.Clc1nccc(-n2ccc3ccccc32)n1. The minimum atomic E-state index is 0.260. The molecule has 2 heterocycles. The molecule has 3 aromatic rings. The number of hydrogen-bond donors (Lipinski definition) is 0. The fourth-order valence-corrected chi connectivity index (χ4v) is 1.89. The molecule has 20 heavy (non-hydrogen) atoms. The summed E-state index contributed by atoms with van der Waals surface area (Å²) in [4.78, 5) is 8.05. The Morgan fingerprint density at radius 1 is 0.950 bits per heavy atom. The van der Waals surface area contributed by atoms with E-state index < -0.39 is 0 Å². The quantitative estimate of drug-likeness (QED) is 0.582. The van der Waals surface area contributed by atoms with Crippen LogP contribution in [0.4, 0.5) is 0 Å². The minimum absolute atomic E-state index is 0.260. The topological polar surface area (TPSA) is 30.7 Å². The largest absolute Gasteiger partial charge is 0.301 e. The van der Waals surface area contributed by atoms with Crippen LogP contribution in [-0.4, -0.2) is 14.5 Å². The molecule has 0 aliphatic heterocycles. The fourth-order valence-electron chi connectivity index (χ4n) is 1.74. The zero-order chi connectivity index (χ0) is 15.0. The summed E-state index contributed by atoms with van der Waals surface area (Å²) in [6, 6.07) is 12.0. The van der Waals surface area contributed by atoms with Gasteiger partial charge >= 0.3 is 0 Å². The van der Waals surface area contributed by atoms with Gasteiger partial charge in [-0.05, 0) is 35.2 Å². The van der Waals surface area contributed by atoms with Gasteiger partial charge < -0.3 is 4.57 Å². The predicted octanol–water partition coefficient (Wildman–Crippen LogP) is 5.13. The van der Waals surface area contributed by atoms with Crippen LogP contribution < -0.4 is 0 Å². The Balaban J connectivity index is 0.000000461. The Bertz CT molecular complexity index is 647. The van der Waals surface area contributed by atoms with Crippen LogP contribution in [0.15, 0.2) is 48.8 Å². The number of benzene rings is 1. The maximum Gasteiger partial charge on any atom is 0.224 e. The molecule has 0 unspecified atom stereocenters. The monoisotopic (exact) mass is 289 g/mol. The van der Waals surface area contributed by atoms with Gasteiger partial charge in [-0.3, -0.25) is 0 Å². The first-order chi connectivity index (χ1) is 9.84. The molecule has 3 nitrogen and oxygen atoms in total. The van der Waals surface area contributed by atoms with Gasteiger partial charge in [0.25, 0.3) is 0 Å². The zero-order valence-corrected chi connectivity index (χ0v) is 13.1. The van der Waals surface area contributed by atoms with Crippen LogP contribution in [0.25, 0.3) is 16.7 Å². The van der Waals surface area contributed by atoms with Crippen molar-refractivity contribution in [3.05, 3.63) is 54.1 Å². The lowest BCUT2D eigenvalue weighted by Crippen LogP contribution is -1.96. The minimum Gasteiger partial charge on any atom is -0.301 e. The van der Waals surface area contributed by atoms with Crippen molar-refractivity contribution in [2.24, 2.45) is 0 Å². The molecule has 0 bridgehead atoms. The summed E-state index contributed by atoms with van der Waals surface area (Å²) in [7, 11) is 0. The van der Waals surface area contributed by atoms with Crippen LogP contribution in [0, 0.1) is 0 Å². The number of nitrogens with zero attached hydrogens (tertiary/aromatic N) is 3. The molecule has 2 aromatic heterocycles. The summed E-state index contributed by atoms with van der Waals surface area (Å²) in [6.45, 7) is 8.00. The van der Waals surface area contributed by atoms with Gasteiger partial charge in [-0.25, -0.2) is 4.98 Å². The number of aromatic nitrogens is 3. The van der Waals surface area contributed by atoms with Gasteiger partial charge in [0.2, 0.25) is 5.28 Å². The molecule has 0 aliphatic rings. The van der Waals surface area contributed by atoms with Gasteiger partial charge in [-0.1, -0.05) is 45.9 Å². The van der Waals surface area contributed by atoms with Crippen molar-refractivity contribution in [3.63, 3.8) is 0 Å². The highest BCUT2D eigenvalue weighted by Crippen LogP contribution is 2.19. The molecule has 0 amide bonds. The third kappa shape index (κ3) is 3.58. The van der Waals surface area contributed by atoms with Crippen LogP contribution in [-0.2, 0) is 0 Å². The Morgan fingerprint density at radius 2 is 1.65 bits per heavy atom. The first-order valence-electron chi connectivity index (χ1n) is 6.89. The highest BCUT2D eigenvalue weighted by Gasteiger charge is 2.03. The predicted molar refractivity (Wildman–Crippen MR) is 86.6 cm³/mol. The molecule has 0 N–H and O–H groups in total. The zero-order valence-electron chi connectivity index (χ0n) is 12.3. The molecule has 0 spiro atoms. The summed E-state index contributed by atoms with van der Waals surface area (Å²) in [5, 5.41) is 1.44. The van der Waals surface area contributed by atoms with Crippen LogP contribution >= 0.6 is 11.6 Å². The average molecular weight is 290 g/mol. The van der Waals surface area contributed by atoms with Gasteiger partial charge in [0.1, 0.15) is 5.82 Å². The summed E-state index contributed by atoms with van der Waals surface area (Å²) in [5.74, 6) is 0.779. The van der Waals surface area contributed by atoms with E-state index in [0.717, 1.165) is 11.3 Å². The van der Waals surface area contributed by atoms with E-state index in [2.05, 4.69) is 16.0 Å². The van der Waals surface area contributed by atoms with Crippen LogP contribution in [0.5, 0.6) is 0 Å². The summed E-state index contributed by atoms with van der Waals surface area (Å²) in [6.07, 6.45) is 3.63. The Kier molecular flexibility index (Phi) is 6.74. The molecule has 3 rings (SSSR count). The smallest absolute Gasteiger partial charge is 0.224 e. The molecule has 0 fully saturated rings. The standard InChI is InChI=1S/C12H8ClN3.2C2H6/c13-12-14-7-5-11(15-12)16-8-6-9-3-1-2-4-10(9)16;2*1-2/h1-8H;2*1-2H3. The van der Waals surface area contributed by atoms with Gasteiger partial charge in [0.15, 0.2) is 0 Å². The lowest BCUT2D eigenvalue weighted by atomic mass is 10.2. The van der Waals surface area contributed by atoms with E-state index in [9.17, 15) is 0 Å². The molecule has 0 saturated heterocycles. The fraction of sp³-hybridized carbons (Fsp3) is 0.250. The molecular formula is C16H20ClN3. The second kappa shape index (κ2) is 8.33. The third-order valence-electron chi connectivity index (χ3n) is 2.46. The molecule has 0 radical (unpaired) electrons. The van der Waals surface area contributed by atoms with E-state index in [0.29, 0.717) is 0 Å². The van der Waals surface area contributed by atoms with E-state index in [1.807, 2.05) is 68.8 Å². The summed E-state index contributed by atoms with van der Waals surface area (Å²) >= 11 is 5.78. The second-order valence-electron chi connectivity index (χ2n) is 3.43. The van der Waals surface area contributed by atoms with Gasteiger partial charge in [0, 0.05) is 12.4 Å². The van der Waals surface area contributed by atoms with E-state index in [1.54, 1.807) is 6.20 Å². The number of rotatable bonds is 1. The van der Waals surface area contributed by atoms with Gasteiger partial charge in [0.05, 0.1) is 5.52 Å². The van der Waals surface area contributed by atoms with Gasteiger partial charge in [-0.15, -0.1) is 0 Å². The van der Waals surface area contributed by atoms with Crippen molar-refractivity contribution in [2.75, 3.05) is 0 Å². The van der Waals surface area contributed by atoms with Crippen LogP contribution in [0.2, 0.25) is 5.28 Å². The lowest BCUT2D eigenvalue weighted by Gasteiger charge is -2.03.